The van der Waals surface area contributed by atoms with E-state index in [0.29, 0.717) is 27.3 Å². The average molecular weight is 476 g/mol. The van der Waals surface area contributed by atoms with Gasteiger partial charge in [0.25, 0.3) is 0 Å². The zero-order valence-corrected chi connectivity index (χ0v) is 19.4. The summed E-state index contributed by atoms with van der Waals surface area (Å²) in [5, 5.41) is 4.38. The fraction of sp³-hybridized carbons (Fsp3) is 0.346. The van der Waals surface area contributed by atoms with Gasteiger partial charge >= 0.3 is 6.18 Å². The number of anilines is 1. The first-order valence-corrected chi connectivity index (χ1v) is 11.5. The number of aromatic nitrogens is 1. The van der Waals surface area contributed by atoms with Crippen LogP contribution in [0.1, 0.15) is 55.8 Å². The van der Waals surface area contributed by atoms with Crippen LogP contribution >= 0.6 is 11.6 Å². The topological polar surface area (TPSA) is 50.9 Å². The molecule has 0 spiro atoms. The van der Waals surface area contributed by atoms with Crippen molar-refractivity contribution in [3.8, 4) is 0 Å². The summed E-state index contributed by atoms with van der Waals surface area (Å²) in [4.78, 5) is 3.72. The zero-order valence-electron chi connectivity index (χ0n) is 18.7. The second kappa shape index (κ2) is 10.9. The molecule has 33 heavy (non-hydrogen) atoms. The Hall–Kier alpha value is -2.73. The van der Waals surface area contributed by atoms with Crippen molar-refractivity contribution in [2.24, 2.45) is 5.73 Å². The second-order valence-corrected chi connectivity index (χ2v) is 8.71. The molecule has 3 nitrogen and oxygen atoms in total. The number of alkyl halides is 3. The number of fused-ring (bicyclic) bond motifs is 1. The molecule has 0 saturated heterocycles. The van der Waals surface area contributed by atoms with E-state index >= 15 is 0 Å². The summed E-state index contributed by atoms with van der Waals surface area (Å²) in [7, 11) is 0. The van der Waals surface area contributed by atoms with Crippen LogP contribution < -0.4 is 11.1 Å². The number of benzene rings is 2. The molecule has 1 aliphatic rings. The Bertz CT molecular complexity index is 1090. The predicted molar refractivity (Wildman–Crippen MR) is 131 cm³/mol. The third-order valence-electron chi connectivity index (χ3n) is 5.76. The average Bonchev–Trinajstić information content (AvgIpc) is 2.80. The molecule has 7 heteroatoms. The highest BCUT2D eigenvalue weighted by molar-refractivity contribution is 6.31. The number of rotatable bonds is 4. The molecule has 1 aliphatic carbocycles. The number of pyridine rings is 1. The number of hydrogen-bond donors (Lipinski definition) is 2. The minimum absolute atomic E-state index is 0.208. The molecule has 0 amide bonds. The van der Waals surface area contributed by atoms with E-state index in [-0.39, 0.29) is 6.04 Å². The van der Waals surface area contributed by atoms with Crippen LogP contribution in [0.2, 0.25) is 5.02 Å². The van der Waals surface area contributed by atoms with Gasteiger partial charge in [-0.2, -0.15) is 13.2 Å². The maximum atomic E-state index is 13.0. The molecule has 0 aliphatic heterocycles. The molecule has 0 unspecified atom stereocenters. The minimum Gasteiger partial charge on any atom is -0.399 e. The smallest absolute Gasteiger partial charge is 0.399 e. The number of nitrogens with zero attached hydrogens (tertiary/aromatic N) is 1. The molecule has 1 heterocycles. The first-order chi connectivity index (χ1) is 15.7. The van der Waals surface area contributed by atoms with E-state index in [1.807, 2.05) is 12.1 Å². The molecular formula is C26H29ClF3N3. The van der Waals surface area contributed by atoms with E-state index in [9.17, 15) is 13.2 Å². The Labute approximate surface area is 197 Å². The van der Waals surface area contributed by atoms with Gasteiger partial charge < -0.3 is 11.1 Å². The van der Waals surface area contributed by atoms with Crippen LogP contribution in [0.25, 0.3) is 16.6 Å². The number of nitrogens with one attached hydrogen (secondary N) is 1. The van der Waals surface area contributed by atoms with Crippen molar-refractivity contribution in [3.63, 3.8) is 0 Å². The van der Waals surface area contributed by atoms with Crippen LogP contribution in [0, 0.1) is 0 Å². The third kappa shape index (κ3) is 6.87. The molecule has 1 fully saturated rings. The standard InChI is InChI=1S/C16H16ClF3N2.C10H13N/c17-10-6-7-13-12(8-10)14(9-15(22-13)16(18,19)20)21-11-4-2-1-3-5-11;1-3-9-4-6-10(7-5-9)8(2)11/h6-9,11H,1-5H2,(H,21,22);4-7H,2-3,11H2,1H3. The van der Waals surface area contributed by atoms with Gasteiger partial charge in [-0.15, -0.1) is 0 Å². The van der Waals surface area contributed by atoms with E-state index in [1.54, 1.807) is 12.1 Å². The van der Waals surface area contributed by atoms with Gasteiger partial charge in [-0.3, -0.25) is 0 Å². The van der Waals surface area contributed by atoms with Crippen LogP contribution in [0.15, 0.2) is 55.1 Å². The van der Waals surface area contributed by atoms with Gasteiger partial charge in [-0.25, -0.2) is 4.98 Å². The molecule has 176 valence electrons. The van der Waals surface area contributed by atoms with E-state index in [0.717, 1.165) is 43.7 Å². The molecule has 1 aromatic heterocycles. The molecule has 1 saturated carbocycles. The maximum Gasteiger partial charge on any atom is 0.433 e. The highest BCUT2D eigenvalue weighted by Gasteiger charge is 2.33. The number of nitrogens with two attached hydrogens (primary N) is 1. The fourth-order valence-corrected chi connectivity index (χ4v) is 4.06. The highest BCUT2D eigenvalue weighted by Crippen LogP contribution is 2.35. The first kappa shape index (κ1) is 24.9. The lowest BCUT2D eigenvalue weighted by atomic mass is 9.95. The Morgan fingerprint density at radius 2 is 1.76 bits per heavy atom. The lowest BCUT2D eigenvalue weighted by Crippen LogP contribution is -2.23. The normalized spacial score (nSPS) is 14.5. The minimum atomic E-state index is -4.46. The van der Waals surface area contributed by atoms with Gasteiger partial charge in [0.15, 0.2) is 0 Å². The summed E-state index contributed by atoms with van der Waals surface area (Å²) in [6.45, 7) is 5.79. The lowest BCUT2D eigenvalue weighted by molar-refractivity contribution is -0.140. The van der Waals surface area contributed by atoms with E-state index in [4.69, 9.17) is 17.3 Å². The van der Waals surface area contributed by atoms with Crippen molar-refractivity contribution >= 4 is 33.9 Å². The molecule has 4 rings (SSSR count). The van der Waals surface area contributed by atoms with Crippen LogP contribution in [0.3, 0.4) is 0 Å². The van der Waals surface area contributed by atoms with Crippen LogP contribution in [-0.2, 0) is 12.6 Å². The Kier molecular flexibility index (Phi) is 8.25. The maximum absolute atomic E-state index is 13.0. The van der Waals surface area contributed by atoms with Crippen LogP contribution in [-0.4, -0.2) is 11.0 Å². The predicted octanol–water partition coefficient (Wildman–Crippen LogP) is 7.83. The third-order valence-corrected chi connectivity index (χ3v) is 5.99. The highest BCUT2D eigenvalue weighted by atomic mass is 35.5. The Morgan fingerprint density at radius 3 is 2.33 bits per heavy atom. The van der Waals surface area contributed by atoms with Crippen molar-refractivity contribution in [3.05, 3.63) is 77.0 Å². The summed E-state index contributed by atoms with van der Waals surface area (Å²) in [5.41, 5.74) is 8.38. The van der Waals surface area contributed by atoms with Gasteiger partial charge in [-0.1, -0.05) is 68.6 Å². The molecule has 3 aromatic rings. The van der Waals surface area contributed by atoms with Gasteiger partial charge in [0, 0.05) is 27.8 Å². The van der Waals surface area contributed by atoms with Crippen molar-refractivity contribution in [1.82, 2.24) is 4.98 Å². The second-order valence-electron chi connectivity index (χ2n) is 8.27. The Balaban J connectivity index is 0.000000235. The SMILES string of the molecule is C=C(N)c1ccc(CC)cc1.FC(F)(F)c1cc(NC2CCCCC2)c2cc(Cl)ccc2n1. The van der Waals surface area contributed by atoms with Gasteiger partial charge in [0.2, 0.25) is 0 Å². The van der Waals surface area contributed by atoms with Gasteiger partial charge in [0.05, 0.1) is 5.52 Å². The number of aryl methyl sites for hydroxylation is 1. The number of hydrogen-bond acceptors (Lipinski definition) is 3. The molecule has 0 bridgehead atoms. The Morgan fingerprint density at radius 1 is 1.09 bits per heavy atom. The van der Waals surface area contributed by atoms with Crippen molar-refractivity contribution in [1.29, 1.82) is 0 Å². The van der Waals surface area contributed by atoms with E-state index < -0.39 is 11.9 Å². The molecular weight excluding hydrogens is 447 g/mol. The summed E-state index contributed by atoms with van der Waals surface area (Å²) < 4.78 is 39.1. The monoisotopic (exact) mass is 475 g/mol. The largest absolute Gasteiger partial charge is 0.433 e. The zero-order chi connectivity index (χ0) is 24.0. The summed E-state index contributed by atoms with van der Waals surface area (Å²) in [5.74, 6) is 0. The summed E-state index contributed by atoms with van der Waals surface area (Å²) in [6.07, 6.45) is 1.96. The van der Waals surface area contributed by atoms with Crippen molar-refractivity contribution < 1.29 is 13.2 Å². The van der Waals surface area contributed by atoms with Crippen molar-refractivity contribution in [2.45, 2.75) is 57.7 Å². The molecule has 0 radical (unpaired) electrons. The van der Waals surface area contributed by atoms with Gasteiger partial charge in [0.1, 0.15) is 5.69 Å². The first-order valence-electron chi connectivity index (χ1n) is 11.1. The van der Waals surface area contributed by atoms with Crippen LogP contribution in [0.5, 0.6) is 0 Å². The van der Waals surface area contributed by atoms with Crippen molar-refractivity contribution in [2.75, 3.05) is 5.32 Å². The lowest BCUT2D eigenvalue weighted by Gasteiger charge is -2.25. The van der Waals surface area contributed by atoms with E-state index in [1.165, 1.54) is 18.1 Å². The summed E-state index contributed by atoms with van der Waals surface area (Å²) >= 11 is 5.99. The summed E-state index contributed by atoms with van der Waals surface area (Å²) in [6, 6.07) is 14.2. The van der Waals surface area contributed by atoms with E-state index in [2.05, 4.69) is 35.9 Å². The molecule has 2 aromatic carbocycles. The molecule has 0 atom stereocenters. The fourth-order valence-electron chi connectivity index (χ4n) is 3.88. The van der Waals surface area contributed by atoms with Gasteiger partial charge in [-0.05, 0) is 54.7 Å². The van der Waals surface area contributed by atoms with Crippen LogP contribution in [0.4, 0.5) is 18.9 Å². The number of halogens is 4. The molecule has 3 N–H and O–H groups in total. The quantitative estimate of drug-likeness (QED) is 0.404.